The predicted molar refractivity (Wildman–Crippen MR) is 41.2 cm³/mol. The van der Waals surface area contributed by atoms with E-state index in [4.69, 9.17) is 8.94 Å². The minimum Gasteiger partial charge on any atom is -0.451 e. The Hall–Kier alpha value is -1.91. The van der Waals surface area contributed by atoms with Gasteiger partial charge in [0.15, 0.2) is 18.4 Å². The van der Waals surface area contributed by atoms with Crippen LogP contribution in [0, 0.1) is 0 Å². The van der Waals surface area contributed by atoms with Gasteiger partial charge in [0.2, 0.25) is 0 Å². The number of aromatic nitrogens is 2. The van der Waals surface area contributed by atoms with Crippen LogP contribution in [0.2, 0.25) is 0 Å². The van der Waals surface area contributed by atoms with Crippen molar-refractivity contribution in [2.45, 2.75) is 6.42 Å². The van der Waals surface area contributed by atoms with E-state index in [-0.39, 0.29) is 0 Å². The maximum Gasteiger partial charge on any atom is 0.180 e. The first-order valence-corrected chi connectivity index (χ1v) is 3.66. The lowest BCUT2D eigenvalue weighted by Crippen LogP contribution is -1.89. The normalized spacial score (nSPS) is 10.2. The molecule has 2 aromatic rings. The monoisotopic (exact) mass is 178 g/mol. The van der Waals surface area contributed by atoms with Crippen LogP contribution in [0.5, 0.6) is 0 Å². The van der Waals surface area contributed by atoms with Gasteiger partial charge in [-0.3, -0.25) is 4.79 Å². The number of nitrogens with zero attached hydrogens (tertiary/aromatic N) is 2. The van der Waals surface area contributed by atoms with E-state index >= 15 is 0 Å². The van der Waals surface area contributed by atoms with Gasteiger partial charge >= 0.3 is 0 Å². The topological polar surface area (TPSA) is 69.1 Å². The van der Waals surface area contributed by atoms with Crippen molar-refractivity contribution in [1.82, 2.24) is 10.1 Å². The molecule has 0 saturated carbocycles. The summed E-state index contributed by atoms with van der Waals surface area (Å²) in [6.45, 7) is 0. The number of oxazole rings is 1. The summed E-state index contributed by atoms with van der Waals surface area (Å²) in [6, 6.07) is 0. The van der Waals surface area contributed by atoms with E-state index in [0.29, 0.717) is 29.7 Å². The standard InChI is InChI=1S/C8H6N2O3/c11-3-6-2-10-13-8(6)1-7-4-12-5-9-7/h2-5H,1H2. The Balaban J connectivity index is 2.23. The minimum atomic E-state index is 0.421. The molecule has 0 aliphatic rings. The number of carbonyl (C=O) groups is 1. The van der Waals surface area contributed by atoms with Crippen molar-refractivity contribution in [1.29, 1.82) is 0 Å². The van der Waals surface area contributed by atoms with Crippen molar-refractivity contribution in [2.24, 2.45) is 0 Å². The quantitative estimate of drug-likeness (QED) is 0.657. The summed E-state index contributed by atoms with van der Waals surface area (Å²) in [5.74, 6) is 0.504. The second-order valence-electron chi connectivity index (χ2n) is 2.48. The summed E-state index contributed by atoms with van der Waals surface area (Å²) in [5, 5.41) is 3.51. The van der Waals surface area contributed by atoms with Crippen LogP contribution in [-0.4, -0.2) is 16.4 Å². The molecular weight excluding hydrogens is 172 g/mol. The summed E-state index contributed by atoms with van der Waals surface area (Å²) < 4.78 is 9.64. The van der Waals surface area contributed by atoms with Gasteiger partial charge in [0, 0.05) is 0 Å². The van der Waals surface area contributed by atoms with Crippen molar-refractivity contribution in [3.63, 3.8) is 0 Å². The molecule has 0 aliphatic heterocycles. The summed E-state index contributed by atoms with van der Waals surface area (Å²) in [6.07, 6.45) is 5.32. The average Bonchev–Trinajstić information content (AvgIpc) is 2.76. The van der Waals surface area contributed by atoms with Crippen molar-refractivity contribution in [3.05, 3.63) is 35.9 Å². The van der Waals surface area contributed by atoms with Crippen molar-refractivity contribution in [2.75, 3.05) is 0 Å². The van der Waals surface area contributed by atoms with Gasteiger partial charge in [0.1, 0.15) is 6.26 Å². The van der Waals surface area contributed by atoms with Crippen molar-refractivity contribution < 1.29 is 13.7 Å². The number of hydrogen-bond donors (Lipinski definition) is 0. The van der Waals surface area contributed by atoms with E-state index in [0.717, 1.165) is 0 Å². The molecular formula is C8H6N2O3. The number of hydrogen-bond acceptors (Lipinski definition) is 5. The first kappa shape index (κ1) is 7.72. The first-order valence-electron chi connectivity index (χ1n) is 3.66. The van der Waals surface area contributed by atoms with Gasteiger partial charge in [0.05, 0.1) is 23.9 Å². The molecule has 0 atom stereocenters. The van der Waals surface area contributed by atoms with E-state index in [1.54, 1.807) is 0 Å². The lowest BCUT2D eigenvalue weighted by atomic mass is 10.2. The molecule has 0 saturated heterocycles. The Morgan fingerprint density at radius 3 is 3.15 bits per heavy atom. The van der Waals surface area contributed by atoms with E-state index in [9.17, 15) is 4.79 Å². The molecule has 2 rings (SSSR count). The summed E-state index contributed by atoms with van der Waals surface area (Å²) in [5.41, 5.74) is 1.16. The Labute approximate surface area is 73.4 Å². The molecule has 0 unspecified atom stereocenters. The number of aldehydes is 1. The molecule has 0 N–H and O–H groups in total. The minimum absolute atomic E-state index is 0.421. The van der Waals surface area contributed by atoms with Crippen LogP contribution < -0.4 is 0 Å². The van der Waals surface area contributed by atoms with Gasteiger partial charge in [-0.05, 0) is 0 Å². The van der Waals surface area contributed by atoms with Gasteiger partial charge in [-0.1, -0.05) is 5.16 Å². The third kappa shape index (κ3) is 1.48. The highest BCUT2D eigenvalue weighted by molar-refractivity contribution is 5.75. The van der Waals surface area contributed by atoms with E-state index < -0.39 is 0 Å². The fraction of sp³-hybridized carbons (Fsp3) is 0.125. The molecule has 0 amide bonds. The second kappa shape index (κ2) is 3.22. The SMILES string of the molecule is O=Cc1cnoc1Cc1cocn1. The lowest BCUT2D eigenvalue weighted by molar-refractivity contribution is 0.112. The number of carbonyl (C=O) groups excluding carboxylic acids is 1. The van der Waals surface area contributed by atoms with Gasteiger partial charge in [0.25, 0.3) is 0 Å². The molecule has 0 bridgehead atoms. The average molecular weight is 178 g/mol. The zero-order valence-corrected chi connectivity index (χ0v) is 6.64. The van der Waals surface area contributed by atoms with Crippen molar-refractivity contribution >= 4 is 6.29 Å². The molecule has 2 aromatic heterocycles. The largest absolute Gasteiger partial charge is 0.451 e. The summed E-state index contributed by atoms with van der Waals surface area (Å²) in [7, 11) is 0. The highest BCUT2D eigenvalue weighted by Crippen LogP contribution is 2.10. The zero-order valence-electron chi connectivity index (χ0n) is 6.64. The van der Waals surface area contributed by atoms with Crippen LogP contribution in [-0.2, 0) is 6.42 Å². The van der Waals surface area contributed by atoms with Crippen LogP contribution in [0.15, 0.2) is 27.8 Å². The van der Waals surface area contributed by atoms with Gasteiger partial charge < -0.3 is 8.94 Å². The Bertz CT molecular complexity index is 391. The fourth-order valence-electron chi connectivity index (χ4n) is 0.991. The highest BCUT2D eigenvalue weighted by Gasteiger charge is 2.09. The Morgan fingerprint density at radius 1 is 1.54 bits per heavy atom. The molecule has 0 aromatic carbocycles. The van der Waals surface area contributed by atoms with Gasteiger partial charge in [-0.15, -0.1) is 0 Å². The fourth-order valence-corrected chi connectivity index (χ4v) is 0.991. The lowest BCUT2D eigenvalue weighted by Gasteiger charge is -1.89. The van der Waals surface area contributed by atoms with Crippen molar-refractivity contribution in [3.8, 4) is 0 Å². The molecule has 66 valence electrons. The molecule has 5 heteroatoms. The van der Waals surface area contributed by atoms with Crippen LogP contribution >= 0.6 is 0 Å². The third-order valence-electron chi connectivity index (χ3n) is 1.63. The molecule has 0 spiro atoms. The molecule has 13 heavy (non-hydrogen) atoms. The van der Waals surface area contributed by atoms with Gasteiger partial charge in [-0.25, -0.2) is 4.98 Å². The second-order valence-corrected chi connectivity index (χ2v) is 2.48. The van der Waals surface area contributed by atoms with E-state index in [1.165, 1.54) is 18.9 Å². The summed E-state index contributed by atoms with van der Waals surface area (Å²) >= 11 is 0. The first-order chi connectivity index (χ1) is 6.40. The molecule has 0 fully saturated rings. The molecule has 2 heterocycles. The Morgan fingerprint density at radius 2 is 2.46 bits per heavy atom. The molecule has 5 nitrogen and oxygen atoms in total. The highest BCUT2D eigenvalue weighted by atomic mass is 16.5. The van der Waals surface area contributed by atoms with E-state index in [2.05, 4.69) is 10.1 Å². The molecule has 0 radical (unpaired) electrons. The smallest absolute Gasteiger partial charge is 0.180 e. The van der Waals surface area contributed by atoms with Crippen LogP contribution in [0.4, 0.5) is 0 Å². The zero-order chi connectivity index (χ0) is 9.10. The van der Waals surface area contributed by atoms with Crippen LogP contribution in [0.25, 0.3) is 0 Å². The maximum absolute atomic E-state index is 10.5. The third-order valence-corrected chi connectivity index (χ3v) is 1.63. The van der Waals surface area contributed by atoms with Crippen LogP contribution in [0.3, 0.4) is 0 Å². The number of rotatable bonds is 3. The Kier molecular flexibility index (Phi) is 1.91. The summed E-state index contributed by atoms with van der Waals surface area (Å²) in [4.78, 5) is 14.4. The maximum atomic E-state index is 10.5. The predicted octanol–water partition coefficient (Wildman–Crippen LogP) is 1.07. The van der Waals surface area contributed by atoms with Gasteiger partial charge in [-0.2, -0.15) is 0 Å². The van der Waals surface area contributed by atoms with E-state index in [1.807, 2.05) is 0 Å². The van der Waals surface area contributed by atoms with Crippen LogP contribution in [0.1, 0.15) is 21.8 Å². The molecule has 0 aliphatic carbocycles.